The second kappa shape index (κ2) is 10.5. The van der Waals surface area contributed by atoms with E-state index < -0.39 is 5.97 Å². The number of rotatable bonds is 10. The zero-order chi connectivity index (χ0) is 23.0. The average Bonchev–Trinajstić information content (AvgIpc) is 3.20. The molecule has 0 aliphatic carbocycles. The summed E-state index contributed by atoms with van der Waals surface area (Å²) in [4.78, 5) is 15.6. The number of carbonyl (C=O) groups is 1. The number of aromatic nitrogens is 1. The molecule has 3 aromatic carbocycles. The van der Waals surface area contributed by atoms with Crippen LogP contribution in [0.3, 0.4) is 0 Å². The van der Waals surface area contributed by atoms with Gasteiger partial charge >= 0.3 is 5.97 Å². The van der Waals surface area contributed by atoms with Crippen LogP contribution in [0.1, 0.15) is 22.6 Å². The summed E-state index contributed by atoms with van der Waals surface area (Å²) in [5.41, 5.74) is 3.46. The Morgan fingerprint density at radius 3 is 2.42 bits per heavy atom. The average molecular weight is 443 g/mol. The Morgan fingerprint density at radius 2 is 1.67 bits per heavy atom. The number of para-hydroxylation sites is 1. The van der Waals surface area contributed by atoms with Crippen LogP contribution in [0, 0.1) is 6.92 Å². The summed E-state index contributed by atoms with van der Waals surface area (Å²) in [7, 11) is 0. The van der Waals surface area contributed by atoms with E-state index in [1.165, 1.54) is 0 Å². The lowest BCUT2D eigenvalue weighted by Gasteiger charge is -2.11. The number of benzene rings is 3. The summed E-state index contributed by atoms with van der Waals surface area (Å²) in [6.07, 6.45) is 0.578. The minimum Gasteiger partial charge on any atom is -0.493 e. The van der Waals surface area contributed by atoms with Crippen molar-refractivity contribution in [1.82, 2.24) is 4.98 Å². The second-order valence-electron chi connectivity index (χ2n) is 7.60. The Bertz CT molecular complexity index is 1200. The standard InChI is InChI=1S/C27H25NO5/c1-19-24(28-27(33-19)21-7-3-2-4-8-21)15-16-31-23-13-11-20(12-14-23)18-32-25-10-6-5-9-22(25)17-26(29)30/h2-14H,15-18H2,1H3,(H,29,30). The zero-order valence-electron chi connectivity index (χ0n) is 18.4. The van der Waals surface area contributed by atoms with Crippen LogP contribution < -0.4 is 9.47 Å². The maximum absolute atomic E-state index is 11.0. The molecule has 1 heterocycles. The fourth-order valence-corrected chi connectivity index (χ4v) is 3.43. The molecule has 0 aliphatic heterocycles. The summed E-state index contributed by atoms with van der Waals surface area (Å²) >= 11 is 0. The summed E-state index contributed by atoms with van der Waals surface area (Å²) in [5.74, 6) is 1.88. The molecule has 0 atom stereocenters. The summed E-state index contributed by atoms with van der Waals surface area (Å²) in [5, 5.41) is 9.04. The van der Waals surface area contributed by atoms with Crippen molar-refractivity contribution in [1.29, 1.82) is 0 Å². The first-order chi connectivity index (χ1) is 16.1. The SMILES string of the molecule is Cc1oc(-c2ccccc2)nc1CCOc1ccc(COc2ccccc2CC(=O)O)cc1. The molecule has 0 bridgehead atoms. The van der Waals surface area contributed by atoms with Gasteiger partial charge in [0.1, 0.15) is 23.9 Å². The van der Waals surface area contributed by atoms with Gasteiger partial charge in [-0.2, -0.15) is 0 Å². The summed E-state index contributed by atoms with van der Waals surface area (Å²) in [6, 6.07) is 24.7. The number of carboxylic acids is 1. The van der Waals surface area contributed by atoms with Crippen LogP contribution in [0.25, 0.3) is 11.5 Å². The van der Waals surface area contributed by atoms with E-state index in [-0.39, 0.29) is 6.42 Å². The molecule has 33 heavy (non-hydrogen) atoms. The normalized spacial score (nSPS) is 10.7. The van der Waals surface area contributed by atoms with Crippen LogP contribution in [0.5, 0.6) is 11.5 Å². The Labute approximate surface area is 192 Å². The molecule has 168 valence electrons. The molecule has 4 rings (SSSR count). The van der Waals surface area contributed by atoms with Crippen molar-refractivity contribution < 1.29 is 23.8 Å². The van der Waals surface area contributed by atoms with E-state index in [9.17, 15) is 4.79 Å². The van der Waals surface area contributed by atoms with Crippen molar-refractivity contribution >= 4 is 5.97 Å². The fourth-order valence-electron chi connectivity index (χ4n) is 3.43. The minimum absolute atomic E-state index is 0.0687. The molecule has 1 N–H and O–H groups in total. The van der Waals surface area contributed by atoms with E-state index in [0.717, 1.165) is 28.3 Å². The maximum Gasteiger partial charge on any atom is 0.307 e. The van der Waals surface area contributed by atoms with Gasteiger partial charge in [-0.25, -0.2) is 4.98 Å². The number of oxazole rings is 1. The van der Waals surface area contributed by atoms with Crippen LogP contribution in [0.4, 0.5) is 0 Å². The smallest absolute Gasteiger partial charge is 0.307 e. The van der Waals surface area contributed by atoms with Gasteiger partial charge in [-0.15, -0.1) is 0 Å². The maximum atomic E-state index is 11.0. The summed E-state index contributed by atoms with van der Waals surface area (Å²) in [6.45, 7) is 2.75. The molecular formula is C27H25NO5. The Hall–Kier alpha value is -4.06. The molecule has 6 nitrogen and oxygen atoms in total. The number of aryl methyl sites for hydroxylation is 1. The molecule has 0 radical (unpaired) electrons. The predicted octanol–water partition coefficient (Wildman–Crippen LogP) is 5.48. The first kappa shape index (κ1) is 22.1. The molecule has 0 saturated carbocycles. The Morgan fingerprint density at radius 1 is 0.939 bits per heavy atom. The molecule has 0 spiro atoms. The number of hydrogen-bond donors (Lipinski definition) is 1. The van der Waals surface area contributed by atoms with Crippen LogP contribution in [0.15, 0.2) is 83.3 Å². The number of ether oxygens (including phenoxy) is 2. The number of aliphatic carboxylic acids is 1. The quantitative estimate of drug-likeness (QED) is 0.350. The molecule has 0 unspecified atom stereocenters. The van der Waals surface area contributed by atoms with Gasteiger partial charge < -0.3 is 19.0 Å². The molecular weight excluding hydrogens is 418 g/mol. The number of carboxylic acid groups (broad SMARTS) is 1. The van der Waals surface area contributed by atoms with Crippen LogP contribution in [-0.4, -0.2) is 22.7 Å². The van der Waals surface area contributed by atoms with Crippen molar-refractivity contribution in [2.45, 2.75) is 26.4 Å². The lowest BCUT2D eigenvalue weighted by molar-refractivity contribution is -0.136. The predicted molar refractivity (Wildman–Crippen MR) is 124 cm³/mol. The lowest BCUT2D eigenvalue weighted by atomic mass is 10.1. The Kier molecular flexibility index (Phi) is 7.05. The van der Waals surface area contributed by atoms with Crippen molar-refractivity contribution in [2.75, 3.05) is 6.61 Å². The largest absolute Gasteiger partial charge is 0.493 e. The van der Waals surface area contributed by atoms with Gasteiger partial charge in [0.25, 0.3) is 0 Å². The van der Waals surface area contributed by atoms with Crippen molar-refractivity contribution in [2.24, 2.45) is 0 Å². The highest BCUT2D eigenvalue weighted by atomic mass is 16.5. The monoisotopic (exact) mass is 443 g/mol. The zero-order valence-corrected chi connectivity index (χ0v) is 18.4. The molecule has 0 amide bonds. The highest BCUT2D eigenvalue weighted by molar-refractivity contribution is 5.71. The lowest BCUT2D eigenvalue weighted by Crippen LogP contribution is -2.04. The van der Waals surface area contributed by atoms with Gasteiger partial charge in [-0.1, -0.05) is 48.5 Å². The van der Waals surface area contributed by atoms with E-state index in [1.807, 2.05) is 67.6 Å². The van der Waals surface area contributed by atoms with Crippen LogP contribution >= 0.6 is 0 Å². The Balaban J connectivity index is 1.29. The second-order valence-corrected chi connectivity index (χ2v) is 7.60. The van der Waals surface area contributed by atoms with E-state index in [4.69, 9.17) is 19.0 Å². The van der Waals surface area contributed by atoms with Gasteiger partial charge in [-0.05, 0) is 42.8 Å². The van der Waals surface area contributed by atoms with Crippen LogP contribution in [0.2, 0.25) is 0 Å². The van der Waals surface area contributed by atoms with Gasteiger partial charge in [-0.3, -0.25) is 4.79 Å². The molecule has 1 aromatic heterocycles. The fraction of sp³-hybridized carbons (Fsp3) is 0.185. The van der Waals surface area contributed by atoms with Gasteiger partial charge in [0, 0.05) is 17.5 Å². The molecule has 0 saturated heterocycles. The van der Waals surface area contributed by atoms with E-state index >= 15 is 0 Å². The first-order valence-corrected chi connectivity index (χ1v) is 10.7. The molecule has 0 aliphatic rings. The van der Waals surface area contributed by atoms with Crippen LogP contribution in [-0.2, 0) is 24.2 Å². The highest BCUT2D eigenvalue weighted by Crippen LogP contribution is 2.23. The first-order valence-electron chi connectivity index (χ1n) is 10.7. The molecule has 4 aromatic rings. The van der Waals surface area contributed by atoms with Crippen molar-refractivity contribution in [3.05, 3.63) is 101 Å². The number of hydrogen-bond acceptors (Lipinski definition) is 5. The third kappa shape index (κ3) is 6.01. The van der Waals surface area contributed by atoms with Crippen molar-refractivity contribution in [3.8, 4) is 23.0 Å². The van der Waals surface area contributed by atoms with E-state index in [1.54, 1.807) is 18.2 Å². The molecule has 0 fully saturated rings. The highest BCUT2D eigenvalue weighted by Gasteiger charge is 2.11. The summed E-state index contributed by atoms with van der Waals surface area (Å²) < 4.78 is 17.5. The minimum atomic E-state index is -0.885. The molecule has 6 heteroatoms. The third-order valence-electron chi connectivity index (χ3n) is 5.15. The number of nitrogens with zero attached hydrogens (tertiary/aromatic N) is 1. The van der Waals surface area contributed by atoms with Gasteiger partial charge in [0.2, 0.25) is 5.89 Å². The van der Waals surface area contributed by atoms with Gasteiger partial charge in [0.05, 0.1) is 18.7 Å². The topological polar surface area (TPSA) is 81.8 Å². The van der Waals surface area contributed by atoms with Gasteiger partial charge in [0.15, 0.2) is 0 Å². The third-order valence-corrected chi connectivity index (χ3v) is 5.15. The van der Waals surface area contributed by atoms with Crippen molar-refractivity contribution in [3.63, 3.8) is 0 Å². The van der Waals surface area contributed by atoms with E-state index in [2.05, 4.69) is 4.98 Å². The van der Waals surface area contributed by atoms with E-state index in [0.29, 0.717) is 36.8 Å².